The predicted molar refractivity (Wildman–Crippen MR) is 109 cm³/mol. The molecule has 8 heteroatoms. The van der Waals surface area contributed by atoms with Crippen LogP contribution in [-0.4, -0.2) is 43.5 Å². The number of fused-ring (bicyclic) bond motifs is 1. The minimum Gasteiger partial charge on any atom is -0.452 e. The van der Waals surface area contributed by atoms with Gasteiger partial charge in [-0.2, -0.15) is 0 Å². The van der Waals surface area contributed by atoms with Gasteiger partial charge >= 0.3 is 5.97 Å². The summed E-state index contributed by atoms with van der Waals surface area (Å²) in [6.45, 7) is 1.53. The van der Waals surface area contributed by atoms with Gasteiger partial charge in [-0.25, -0.2) is 4.79 Å². The minimum atomic E-state index is -0.773. The van der Waals surface area contributed by atoms with Crippen molar-refractivity contribution < 1.29 is 19.2 Å². The first-order valence-corrected chi connectivity index (χ1v) is 9.32. The first-order valence-electron chi connectivity index (χ1n) is 9.32. The molecule has 8 nitrogen and oxygen atoms in total. The van der Waals surface area contributed by atoms with Crippen LogP contribution < -0.4 is 9.80 Å². The number of ether oxygens (including phenoxy) is 1. The molecule has 29 heavy (non-hydrogen) atoms. The van der Waals surface area contributed by atoms with Gasteiger partial charge in [-0.3, -0.25) is 14.9 Å². The average molecular weight is 397 g/mol. The van der Waals surface area contributed by atoms with Crippen molar-refractivity contribution in [2.75, 3.05) is 30.5 Å². The Hall–Kier alpha value is -3.42. The number of nitro benzene ring substituents is 1. The highest BCUT2D eigenvalue weighted by atomic mass is 16.6. The Morgan fingerprint density at radius 3 is 2.66 bits per heavy atom. The topological polar surface area (TPSA) is 93.0 Å². The molecule has 1 heterocycles. The van der Waals surface area contributed by atoms with Crippen molar-refractivity contribution in [2.24, 2.45) is 0 Å². The zero-order chi connectivity index (χ0) is 21.1. The van der Waals surface area contributed by atoms with Crippen LogP contribution in [-0.2, 0) is 16.0 Å². The molecule has 0 spiro atoms. The van der Waals surface area contributed by atoms with Crippen LogP contribution in [0.15, 0.2) is 42.5 Å². The molecule has 0 saturated heterocycles. The maximum atomic E-state index is 12.8. The van der Waals surface area contributed by atoms with Crippen LogP contribution >= 0.6 is 0 Å². The minimum absolute atomic E-state index is 0.00318. The summed E-state index contributed by atoms with van der Waals surface area (Å²) >= 11 is 0. The van der Waals surface area contributed by atoms with Crippen LogP contribution in [0, 0.1) is 10.1 Å². The molecule has 1 aliphatic heterocycles. The molecule has 0 N–H and O–H groups in total. The van der Waals surface area contributed by atoms with Crippen LogP contribution in [0.3, 0.4) is 0 Å². The number of carbonyl (C=O) groups excluding carboxylic acids is 2. The molecule has 2 aromatic rings. The van der Waals surface area contributed by atoms with Gasteiger partial charge in [-0.05, 0) is 43.5 Å². The van der Waals surface area contributed by atoms with Gasteiger partial charge in [0.15, 0.2) is 6.61 Å². The number of carbonyl (C=O) groups is 2. The third kappa shape index (κ3) is 4.21. The molecule has 0 fully saturated rings. The SMILES string of the molecule is CC1CCc2ccccc2N1C(=O)COC(=O)c1ccc(N(C)C)c([N+](=O)[O-])c1. The predicted octanol–water partition coefficient (Wildman–Crippen LogP) is 3.19. The van der Waals surface area contributed by atoms with Gasteiger partial charge in [-0.1, -0.05) is 18.2 Å². The smallest absolute Gasteiger partial charge is 0.338 e. The summed E-state index contributed by atoms with van der Waals surface area (Å²) in [6, 6.07) is 11.8. The highest BCUT2D eigenvalue weighted by Crippen LogP contribution is 2.31. The van der Waals surface area contributed by atoms with E-state index in [-0.39, 0.29) is 23.2 Å². The second-order valence-corrected chi connectivity index (χ2v) is 7.21. The van der Waals surface area contributed by atoms with Gasteiger partial charge in [0.25, 0.3) is 11.6 Å². The molecule has 152 valence electrons. The molecule has 0 radical (unpaired) electrons. The van der Waals surface area contributed by atoms with E-state index in [1.165, 1.54) is 18.2 Å². The van der Waals surface area contributed by atoms with Crippen LogP contribution in [0.4, 0.5) is 17.1 Å². The number of hydrogen-bond acceptors (Lipinski definition) is 6. The molecule has 1 aliphatic rings. The Balaban J connectivity index is 1.73. The summed E-state index contributed by atoms with van der Waals surface area (Å²) in [6.07, 6.45) is 1.72. The number of rotatable bonds is 5. The number of nitro groups is 1. The van der Waals surface area contributed by atoms with E-state index in [2.05, 4.69) is 0 Å². The molecule has 0 aliphatic carbocycles. The third-order valence-electron chi connectivity index (χ3n) is 5.01. The fourth-order valence-corrected chi connectivity index (χ4v) is 3.52. The lowest BCUT2D eigenvalue weighted by molar-refractivity contribution is -0.384. The lowest BCUT2D eigenvalue weighted by atomic mass is 9.96. The zero-order valence-electron chi connectivity index (χ0n) is 16.6. The van der Waals surface area contributed by atoms with Crippen molar-refractivity contribution >= 4 is 28.9 Å². The summed E-state index contributed by atoms with van der Waals surface area (Å²) in [5, 5.41) is 11.3. The molecule has 0 bridgehead atoms. The molecule has 1 atom stereocenters. The fraction of sp³-hybridized carbons (Fsp3) is 0.333. The Bertz CT molecular complexity index is 957. The Kier molecular flexibility index (Phi) is 5.81. The average Bonchev–Trinajstić information content (AvgIpc) is 2.71. The standard InChI is InChI=1S/C21H23N3O5/c1-14-8-9-15-6-4-5-7-17(15)23(14)20(25)13-29-21(26)16-10-11-18(22(2)3)19(12-16)24(27)28/h4-7,10-12,14H,8-9,13H2,1-3H3. The Labute approximate surface area is 168 Å². The van der Waals surface area contributed by atoms with E-state index >= 15 is 0 Å². The Morgan fingerprint density at radius 1 is 1.24 bits per heavy atom. The number of nitrogens with zero attached hydrogens (tertiary/aromatic N) is 3. The normalized spacial score (nSPS) is 15.4. The van der Waals surface area contributed by atoms with Gasteiger partial charge in [0, 0.05) is 31.9 Å². The Morgan fingerprint density at radius 2 is 1.97 bits per heavy atom. The van der Waals surface area contributed by atoms with Crippen LogP contribution in [0.1, 0.15) is 29.3 Å². The van der Waals surface area contributed by atoms with E-state index in [1.807, 2.05) is 31.2 Å². The molecule has 0 saturated carbocycles. The maximum absolute atomic E-state index is 12.8. The van der Waals surface area contributed by atoms with E-state index in [9.17, 15) is 19.7 Å². The van der Waals surface area contributed by atoms with Gasteiger partial charge in [-0.15, -0.1) is 0 Å². The van der Waals surface area contributed by atoms with Gasteiger partial charge in [0.2, 0.25) is 0 Å². The van der Waals surface area contributed by atoms with Crippen molar-refractivity contribution in [1.29, 1.82) is 0 Å². The van der Waals surface area contributed by atoms with Gasteiger partial charge in [0.05, 0.1) is 10.5 Å². The summed E-state index contributed by atoms with van der Waals surface area (Å²) in [4.78, 5) is 39.1. The molecular formula is C21H23N3O5. The quantitative estimate of drug-likeness (QED) is 0.437. The lowest BCUT2D eigenvalue weighted by Gasteiger charge is -2.35. The zero-order valence-corrected chi connectivity index (χ0v) is 16.6. The van der Waals surface area contributed by atoms with Gasteiger partial charge in [0.1, 0.15) is 5.69 Å². The van der Waals surface area contributed by atoms with E-state index in [0.717, 1.165) is 24.1 Å². The molecule has 3 rings (SSSR count). The first kappa shape index (κ1) is 20.3. The highest BCUT2D eigenvalue weighted by molar-refractivity contribution is 5.98. The molecule has 0 aromatic heterocycles. The summed E-state index contributed by atoms with van der Waals surface area (Å²) in [5.74, 6) is -1.10. The van der Waals surface area contributed by atoms with Crippen LogP contribution in [0.2, 0.25) is 0 Å². The van der Waals surface area contributed by atoms with Crippen molar-refractivity contribution in [3.63, 3.8) is 0 Å². The summed E-state index contributed by atoms with van der Waals surface area (Å²) in [7, 11) is 3.35. The number of anilines is 2. The second-order valence-electron chi connectivity index (χ2n) is 7.21. The summed E-state index contributed by atoms with van der Waals surface area (Å²) < 4.78 is 5.18. The molecular weight excluding hydrogens is 374 g/mol. The number of para-hydroxylation sites is 1. The van der Waals surface area contributed by atoms with Crippen LogP contribution in [0.25, 0.3) is 0 Å². The van der Waals surface area contributed by atoms with Gasteiger partial charge < -0.3 is 14.5 Å². The number of aryl methyl sites for hydroxylation is 1. The van der Waals surface area contributed by atoms with Crippen molar-refractivity contribution in [3.05, 3.63) is 63.7 Å². The van der Waals surface area contributed by atoms with Crippen molar-refractivity contribution in [3.8, 4) is 0 Å². The number of benzene rings is 2. The first-order chi connectivity index (χ1) is 13.8. The van der Waals surface area contributed by atoms with E-state index in [4.69, 9.17) is 4.74 Å². The fourth-order valence-electron chi connectivity index (χ4n) is 3.52. The number of hydrogen-bond donors (Lipinski definition) is 0. The van der Waals surface area contributed by atoms with Crippen molar-refractivity contribution in [1.82, 2.24) is 0 Å². The third-order valence-corrected chi connectivity index (χ3v) is 5.01. The molecule has 1 unspecified atom stereocenters. The van der Waals surface area contributed by atoms with E-state index < -0.39 is 17.5 Å². The van der Waals surface area contributed by atoms with E-state index in [1.54, 1.807) is 23.9 Å². The molecule has 2 aromatic carbocycles. The molecule has 1 amide bonds. The highest BCUT2D eigenvalue weighted by Gasteiger charge is 2.29. The summed E-state index contributed by atoms with van der Waals surface area (Å²) in [5.41, 5.74) is 2.12. The monoisotopic (exact) mass is 397 g/mol. The van der Waals surface area contributed by atoms with Crippen molar-refractivity contribution in [2.45, 2.75) is 25.8 Å². The second kappa shape index (κ2) is 8.30. The number of esters is 1. The van der Waals surface area contributed by atoms with Crippen LogP contribution in [0.5, 0.6) is 0 Å². The van der Waals surface area contributed by atoms with E-state index in [0.29, 0.717) is 5.69 Å². The number of amides is 1. The lowest BCUT2D eigenvalue weighted by Crippen LogP contribution is -2.44. The largest absolute Gasteiger partial charge is 0.452 e. The maximum Gasteiger partial charge on any atom is 0.338 e.